The lowest BCUT2D eigenvalue weighted by Crippen LogP contribution is -2.12. The Kier molecular flexibility index (Phi) is 5.60. The van der Waals surface area contributed by atoms with E-state index in [4.69, 9.17) is 9.84 Å². The molecule has 0 heterocycles. The van der Waals surface area contributed by atoms with E-state index in [0.717, 1.165) is 18.3 Å². The molecule has 0 unspecified atom stereocenters. The highest BCUT2D eigenvalue weighted by molar-refractivity contribution is 5.67. The molecule has 1 N–H and O–H groups in total. The van der Waals surface area contributed by atoms with Gasteiger partial charge in [-0.15, -0.1) is 0 Å². The minimum atomic E-state index is -0.910. The van der Waals surface area contributed by atoms with Gasteiger partial charge < -0.3 is 9.84 Å². The van der Waals surface area contributed by atoms with E-state index < -0.39 is 5.97 Å². The summed E-state index contributed by atoms with van der Waals surface area (Å²) in [6, 6.07) is 8.77. The Morgan fingerprint density at radius 3 is 2.70 bits per heavy atom. The minimum Gasteiger partial charge on any atom is -0.480 e. The van der Waals surface area contributed by atoms with Crippen LogP contribution in [0.3, 0.4) is 0 Å². The van der Waals surface area contributed by atoms with Crippen LogP contribution in [0.1, 0.15) is 49.7 Å². The molecule has 3 nitrogen and oxygen atoms in total. The van der Waals surface area contributed by atoms with Crippen molar-refractivity contribution in [1.29, 1.82) is 0 Å². The molecule has 0 radical (unpaired) electrons. The normalized spacial score (nSPS) is 22.6. The van der Waals surface area contributed by atoms with Crippen LogP contribution in [0.5, 0.6) is 0 Å². The van der Waals surface area contributed by atoms with Crippen LogP contribution in [0.4, 0.5) is 0 Å². The summed E-state index contributed by atoms with van der Waals surface area (Å²) in [5.74, 6) is 0.653. The van der Waals surface area contributed by atoms with Crippen molar-refractivity contribution >= 4 is 5.97 Å². The van der Waals surface area contributed by atoms with Gasteiger partial charge in [0.1, 0.15) is 6.61 Å². The van der Waals surface area contributed by atoms with Crippen molar-refractivity contribution in [2.45, 2.75) is 44.9 Å². The number of hydrogen-bond donors (Lipinski definition) is 1. The van der Waals surface area contributed by atoms with Crippen molar-refractivity contribution in [3.8, 4) is 0 Å². The molecule has 0 spiro atoms. The van der Waals surface area contributed by atoms with Crippen LogP contribution in [-0.2, 0) is 16.0 Å². The van der Waals surface area contributed by atoms with Crippen molar-refractivity contribution in [3.63, 3.8) is 0 Å². The quantitative estimate of drug-likeness (QED) is 0.807. The SMILES string of the molecule is C[C@H]1CCC[C@@H](c2ccc(CCOCC(=O)O)cc2)C1. The van der Waals surface area contributed by atoms with E-state index in [1.54, 1.807) is 0 Å². The molecular weight excluding hydrogens is 252 g/mol. The lowest BCUT2D eigenvalue weighted by molar-refractivity contribution is -0.142. The van der Waals surface area contributed by atoms with Gasteiger partial charge >= 0.3 is 5.97 Å². The molecule has 0 saturated heterocycles. The third-order valence-corrected chi connectivity index (χ3v) is 4.15. The third kappa shape index (κ3) is 4.64. The summed E-state index contributed by atoms with van der Waals surface area (Å²) in [4.78, 5) is 10.3. The summed E-state index contributed by atoms with van der Waals surface area (Å²) in [6.07, 6.45) is 6.10. The predicted molar refractivity (Wildman–Crippen MR) is 79.0 cm³/mol. The van der Waals surface area contributed by atoms with E-state index in [9.17, 15) is 4.79 Å². The van der Waals surface area contributed by atoms with E-state index >= 15 is 0 Å². The summed E-state index contributed by atoms with van der Waals surface area (Å²) in [5.41, 5.74) is 2.66. The molecule has 0 amide bonds. The maximum Gasteiger partial charge on any atom is 0.329 e. The van der Waals surface area contributed by atoms with E-state index in [2.05, 4.69) is 31.2 Å². The first-order valence-corrected chi connectivity index (χ1v) is 7.53. The Morgan fingerprint density at radius 2 is 2.05 bits per heavy atom. The van der Waals surface area contributed by atoms with E-state index in [0.29, 0.717) is 6.61 Å². The van der Waals surface area contributed by atoms with Gasteiger partial charge in [0.05, 0.1) is 6.61 Å². The molecule has 0 aliphatic heterocycles. The van der Waals surface area contributed by atoms with E-state index in [1.807, 2.05) is 0 Å². The van der Waals surface area contributed by atoms with Crippen molar-refractivity contribution < 1.29 is 14.6 Å². The summed E-state index contributed by atoms with van der Waals surface area (Å²) in [7, 11) is 0. The molecule has 0 bridgehead atoms. The number of ether oxygens (including phenoxy) is 1. The largest absolute Gasteiger partial charge is 0.480 e. The fraction of sp³-hybridized carbons (Fsp3) is 0.588. The highest BCUT2D eigenvalue weighted by Gasteiger charge is 2.19. The second-order valence-corrected chi connectivity index (χ2v) is 5.91. The lowest BCUT2D eigenvalue weighted by atomic mass is 9.79. The molecule has 1 aromatic rings. The van der Waals surface area contributed by atoms with Crippen LogP contribution < -0.4 is 0 Å². The van der Waals surface area contributed by atoms with Gasteiger partial charge in [0.25, 0.3) is 0 Å². The second-order valence-electron chi connectivity index (χ2n) is 5.91. The van der Waals surface area contributed by atoms with Crippen molar-refractivity contribution in [3.05, 3.63) is 35.4 Å². The molecule has 3 heteroatoms. The van der Waals surface area contributed by atoms with Crippen LogP contribution in [0.25, 0.3) is 0 Å². The molecule has 1 fully saturated rings. The van der Waals surface area contributed by atoms with Crippen LogP contribution in [0, 0.1) is 5.92 Å². The van der Waals surface area contributed by atoms with Gasteiger partial charge in [-0.3, -0.25) is 0 Å². The summed E-state index contributed by atoms with van der Waals surface area (Å²) in [5, 5.41) is 8.49. The van der Waals surface area contributed by atoms with Crippen LogP contribution in [0.2, 0.25) is 0 Å². The van der Waals surface area contributed by atoms with Crippen molar-refractivity contribution in [2.24, 2.45) is 5.92 Å². The predicted octanol–water partition coefficient (Wildman–Crippen LogP) is 3.62. The lowest BCUT2D eigenvalue weighted by Gasteiger charge is -2.27. The maximum absolute atomic E-state index is 10.3. The average molecular weight is 276 g/mol. The Labute approximate surface area is 121 Å². The first-order valence-electron chi connectivity index (χ1n) is 7.53. The molecule has 2 atom stereocenters. The first-order chi connectivity index (χ1) is 9.65. The molecule has 1 aliphatic rings. The Hall–Kier alpha value is -1.35. The average Bonchev–Trinajstić information content (AvgIpc) is 2.44. The fourth-order valence-corrected chi connectivity index (χ4v) is 3.04. The maximum atomic E-state index is 10.3. The molecule has 0 aromatic heterocycles. The van der Waals surface area contributed by atoms with Crippen LogP contribution in [0.15, 0.2) is 24.3 Å². The summed E-state index contributed by atoms with van der Waals surface area (Å²) >= 11 is 0. The van der Waals surface area contributed by atoms with Crippen molar-refractivity contribution in [1.82, 2.24) is 0 Å². The number of rotatable bonds is 6. The summed E-state index contributed by atoms with van der Waals surface area (Å²) < 4.78 is 5.06. The number of carboxylic acid groups (broad SMARTS) is 1. The first kappa shape index (κ1) is 15.0. The number of carboxylic acids is 1. The molecular formula is C17H24O3. The van der Waals surface area contributed by atoms with Gasteiger partial charge in [-0.05, 0) is 42.2 Å². The summed E-state index contributed by atoms with van der Waals surface area (Å²) in [6.45, 7) is 2.60. The smallest absolute Gasteiger partial charge is 0.329 e. The van der Waals surface area contributed by atoms with E-state index in [1.165, 1.54) is 36.8 Å². The highest BCUT2D eigenvalue weighted by atomic mass is 16.5. The fourth-order valence-electron chi connectivity index (χ4n) is 3.04. The highest BCUT2D eigenvalue weighted by Crippen LogP contribution is 2.35. The Morgan fingerprint density at radius 1 is 1.30 bits per heavy atom. The molecule has 1 aromatic carbocycles. The zero-order valence-electron chi connectivity index (χ0n) is 12.2. The van der Waals surface area contributed by atoms with Gasteiger partial charge in [0.15, 0.2) is 0 Å². The number of aliphatic carboxylic acids is 1. The minimum absolute atomic E-state index is 0.210. The third-order valence-electron chi connectivity index (χ3n) is 4.15. The molecule has 1 saturated carbocycles. The Balaban J connectivity index is 1.81. The van der Waals surface area contributed by atoms with Crippen LogP contribution in [-0.4, -0.2) is 24.3 Å². The molecule has 110 valence electrons. The topological polar surface area (TPSA) is 46.5 Å². The molecule has 1 aliphatic carbocycles. The second kappa shape index (κ2) is 7.44. The van der Waals surface area contributed by atoms with E-state index in [-0.39, 0.29) is 6.61 Å². The zero-order chi connectivity index (χ0) is 14.4. The standard InChI is InChI=1S/C17H24O3/c1-13-3-2-4-16(11-13)15-7-5-14(6-8-15)9-10-20-12-17(18)19/h5-8,13,16H,2-4,9-12H2,1H3,(H,18,19)/t13-,16+/m0/s1. The van der Waals surface area contributed by atoms with Gasteiger partial charge in [-0.25, -0.2) is 4.79 Å². The number of carbonyl (C=O) groups is 1. The van der Waals surface area contributed by atoms with Gasteiger partial charge in [-0.1, -0.05) is 44.0 Å². The van der Waals surface area contributed by atoms with Crippen LogP contribution >= 0.6 is 0 Å². The zero-order valence-corrected chi connectivity index (χ0v) is 12.2. The monoisotopic (exact) mass is 276 g/mol. The number of benzene rings is 1. The molecule has 2 rings (SSSR count). The Bertz CT molecular complexity index is 424. The van der Waals surface area contributed by atoms with Gasteiger partial charge in [0, 0.05) is 0 Å². The number of hydrogen-bond acceptors (Lipinski definition) is 2. The van der Waals surface area contributed by atoms with Gasteiger partial charge in [-0.2, -0.15) is 0 Å². The molecule has 20 heavy (non-hydrogen) atoms. The van der Waals surface area contributed by atoms with Gasteiger partial charge in [0.2, 0.25) is 0 Å². The van der Waals surface area contributed by atoms with Crippen molar-refractivity contribution in [2.75, 3.05) is 13.2 Å².